The normalized spacial score (nSPS) is 11.7. The summed E-state index contributed by atoms with van der Waals surface area (Å²) < 4.78 is 5.31. The average molecular weight is 405 g/mol. The molecule has 0 aliphatic heterocycles. The van der Waals surface area contributed by atoms with Gasteiger partial charge >= 0.3 is 0 Å². The smallest absolute Gasteiger partial charge is 0.226 e. The van der Waals surface area contributed by atoms with Crippen molar-refractivity contribution in [3.8, 4) is 17.3 Å². The number of hydrogen-bond donors (Lipinski definition) is 1. The number of halogens is 1. The summed E-state index contributed by atoms with van der Waals surface area (Å²) in [4.78, 5) is 13.0. The highest BCUT2D eigenvalue weighted by Gasteiger charge is 2.18. The van der Waals surface area contributed by atoms with Gasteiger partial charge in [-0.15, -0.1) is 0 Å². The summed E-state index contributed by atoms with van der Waals surface area (Å²) in [6.07, 6.45) is 1.50. The molecule has 0 amide bonds. The van der Waals surface area contributed by atoms with E-state index in [1.165, 1.54) is 11.8 Å². The van der Waals surface area contributed by atoms with Crippen molar-refractivity contribution in [2.24, 2.45) is 0 Å². The van der Waals surface area contributed by atoms with Crippen molar-refractivity contribution < 1.29 is 9.63 Å². The first kappa shape index (κ1) is 19.6. The first-order valence-electron chi connectivity index (χ1n) is 8.61. The van der Waals surface area contributed by atoms with Crippen molar-refractivity contribution in [3.05, 3.63) is 46.9 Å². The van der Waals surface area contributed by atoms with E-state index in [4.69, 9.17) is 16.1 Å². The van der Waals surface area contributed by atoms with Crippen LogP contribution in [0.5, 0.6) is 5.88 Å². The zero-order chi connectivity index (χ0) is 19.4. The largest absolute Gasteiger partial charge is 0.493 e. The van der Waals surface area contributed by atoms with E-state index in [0.717, 1.165) is 23.4 Å². The standard InChI is InChI=1S/C19H21ClN4O2S/c1-19(2,3)14-11-15(25)22-18(21-14)27-10-4-5-16-23-17(24-26-16)12-6-8-13(20)9-7-12/h6-9,11H,4-5,10H2,1-3H3,(H,21,22,25). The van der Waals surface area contributed by atoms with Crippen LogP contribution >= 0.6 is 23.4 Å². The van der Waals surface area contributed by atoms with E-state index in [2.05, 4.69) is 40.9 Å². The molecule has 8 heteroatoms. The van der Waals surface area contributed by atoms with Gasteiger partial charge in [-0.2, -0.15) is 9.97 Å². The van der Waals surface area contributed by atoms with Gasteiger partial charge in [-0.1, -0.05) is 49.3 Å². The van der Waals surface area contributed by atoms with Gasteiger partial charge in [-0.05, 0) is 30.7 Å². The van der Waals surface area contributed by atoms with E-state index >= 15 is 0 Å². The zero-order valence-electron chi connectivity index (χ0n) is 15.4. The molecule has 0 saturated carbocycles. The lowest BCUT2D eigenvalue weighted by Gasteiger charge is -2.18. The van der Waals surface area contributed by atoms with Crippen LogP contribution in [0.15, 0.2) is 40.0 Å². The van der Waals surface area contributed by atoms with Gasteiger partial charge in [-0.3, -0.25) is 0 Å². The molecule has 142 valence electrons. The molecule has 1 N–H and O–H groups in total. The fraction of sp³-hybridized carbons (Fsp3) is 0.368. The van der Waals surface area contributed by atoms with Crippen LogP contribution in [-0.2, 0) is 11.8 Å². The molecule has 0 atom stereocenters. The van der Waals surface area contributed by atoms with Gasteiger partial charge < -0.3 is 9.63 Å². The molecule has 2 heterocycles. The molecule has 0 saturated heterocycles. The Hall–Kier alpha value is -2.12. The molecule has 0 aliphatic rings. The van der Waals surface area contributed by atoms with Gasteiger partial charge in [0.05, 0.1) is 5.69 Å². The first-order chi connectivity index (χ1) is 12.8. The van der Waals surface area contributed by atoms with E-state index in [9.17, 15) is 5.11 Å². The minimum atomic E-state index is -0.141. The molecule has 2 aromatic heterocycles. The maximum absolute atomic E-state index is 9.81. The molecule has 0 aliphatic carbocycles. The summed E-state index contributed by atoms with van der Waals surface area (Å²) in [5, 5.41) is 15.1. The molecule has 0 spiro atoms. The summed E-state index contributed by atoms with van der Waals surface area (Å²) in [5.41, 5.74) is 1.55. The summed E-state index contributed by atoms with van der Waals surface area (Å²) >= 11 is 7.39. The van der Waals surface area contributed by atoms with E-state index < -0.39 is 0 Å². The number of nitrogens with zero attached hydrogens (tertiary/aromatic N) is 4. The molecule has 3 aromatic rings. The van der Waals surface area contributed by atoms with Crippen LogP contribution in [0.1, 0.15) is 38.8 Å². The third-order valence-corrected chi connectivity index (χ3v) is 4.98. The summed E-state index contributed by atoms with van der Waals surface area (Å²) in [7, 11) is 0. The van der Waals surface area contributed by atoms with Crippen LogP contribution in [0, 0.1) is 0 Å². The molecule has 0 radical (unpaired) electrons. The number of aromatic hydroxyl groups is 1. The third-order valence-electron chi connectivity index (χ3n) is 3.80. The molecule has 0 bridgehead atoms. The lowest BCUT2D eigenvalue weighted by molar-refractivity contribution is 0.378. The van der Waals surface area contributed by atoms with Crippen molar-refractivity contribution in [1.29, 1.82) is 0 Å². The Morgan fingerprint density at radius 3 is 2.56 bits per heavy atom. The Bertz CT molecular complexity index is 907. The second-order valence-corrected chi connectivity index (χ2v) is 8.61. The van der Waals surface area contributed by atoms with E-state index in [1.807, 2.05) is 12.1 Å². The average Bonchev–Trinajstić information content (AvgIpc) is 3.07. The van der Waals surface area contributed by atoms with E-state index in [1.54, 1.807) is 18.2 Å². The Kier molecular flexibility index (Phi) is 6.01. The Morgan fingerprint density at radius 2 is 1.85 bits per heavy atom. The van der Waals surface area contributed by atoms with Crippen molar-refractivity contribution in [1.82, 2.24) is 20.1 Å². The highest BCUT2D eigenvalue weighted by Crippen LogP contribution is 2.26. The highest BCUT2D eigenvalue weighted by molar-refractivity contribution is 7.99. The van der Waals surface area contributed by atoms with Gasteiger partial charge in [-0.25, -0.2) is 4.98 Å². The number of aryl methyl sites for hydroxylation is 1. The fourth-order valence-corrected chi connectivity index (χ4v) is 3.24. The van der Waals surface area contributed by atoms with Crippen LogP contribution in [-0.4, -0.2) is 31.0 Å². The van der Waals surface area contributed by atoms with Crippen molar-refractivity contribution in [3.63, 3.8) is 0 Å². The van der Waals surface area contributed by atoms with Crippen LogP contribution < -0.4 is 0 Å². The highest BCUT2D eigenvalue weighted by atomic mass is 35.5. The maximum Gasteiger partial charge on any atom is 0.226 e. The quantitative estimate of drug-likeness (QED) is 0.355. The predicted molar refractivity (Wildman–Crippen MR) is 106 cm³/mol. The molecule has 6 nitrogen and oxygen atoms in total. The molecule has 0 fully saturated rings. The molecule has 1 aromatic carbocycles. The second kappa shape index (κ2) is 8.27. The lowest BCUT2D eigenvalue weighted by atomic mass is 9.92. The number of aromatic nitrogens is 4. The summed E-state index contributed by atoms with van der Waals surface area (Å²) in [6.45, 7) is 6.16. The Morgan fingerprint density at radius 1 is 1.11 bits per heavy atom. The topological polar surface area (TPSA) is 84.9 Å². The Labute approximate surface area is 167 Å². The Balaban J connectivity index is 1.54. The minimum absolute atomic E-state index is 0.00179. The summed E-state index contributed by atoms with van der Waals surface area (Å²) in [5.74, 6) is 1.93. The SMILES string of the molecule is CC(C)(C)c1cc(O)nc(SCCCc2nc(-c3ccc(Cl)cc3)no2)n1. The number of thioether (sulfide) groups is 1. The van der Waals surface area contributed by atoms with Gasteiger partial charge in [0.15, 0.2) is 5.16 Å². The molecule has 0 unspecified atom stereocenters. The molecular formula is C19H21ClN4O2S. The molecular weight excluding hydrogens is 384 g/mol. The minimum Gasteiger partial charge on any atom is -0.493 e. The predicted octanol–water partition coefficient (Wildman–Crippen LogP) is 4.91. The van der Waals surface area contributed by atoms with Gasteiger partial charge in [0.1, 0.15) is 0 Å². The molecule has 27 heavy (non-hydrogen) atoms. The van der Waals surface area contributed by atoms with Gasteiger partial charge in [0.25, 0.3) is 0 Å². The van der Waals surface area contributed by atoms with Crippen LogP contribution in [0.3, 0.4) is 0 Å². The maximum atomic E-state index is 9.81. The summed E-state index contributed by atoms with van der Waals surface area (Å²) in [6, 6.07) is 8.92. The number of benzene rings is 1. The fourth-order valence-electron chi connectivity index (χ4n) is 2.32. The number of rotatable bonds is 6. The van der Waals surface area contributed by atoms with Crippen molar-refractivity contribution >= 4 is 23.4 Å². The van der Waals surface area contributed by atoms with Crippen molar-refractivity contribution in [2.75, 3.05) is 5.75 Å². The van der Waals surface area contributed by atoms with E-state index in [-0.39, 0.29) is 11.3 Å². The third kappa shape index (κ3) is 5.43. The van der Waals surface area contributed by atoms with Gasteiger partial charge in [0, 0.05) is 34.2 Å². The monoisotopic (exact) mass is 404 g/mol. The number of hydrogen-bond acceptors (Lipinski definition) is 7. The van der Waals surface area contributed by atoms with Crippen LogP contribution in [0.25, 0.3) is 11.4 Å². The first-order valence-corrected chi connectivity index (χ1v) is 9.97. The van der Waals surface area contributed by atoms with Crippen LogP contribution in [0.4, 0.5) is 0 Å². The zero-order valence-corrected chi connectivity index (χ0v) is 17.0. The lowest BCUT2D eigenvalue weighted by Crippen LogP contribution is -2.14. The van der Waals surface area contributed by atoms with Crippen molar-refractivity contribution in [2.45, 2.75) is 44.2 Å². The van der Waals surface area contributed by atoms with Crippen LogP contribution in [0.2, 0.25) is 5.02 Å². The molecule has 3 rings (SSSR count). The van der Waals surface area contributed by atoms with Gasteiger partial charge in [0.2, 0.25) is 17.6 Å². The second-order valence-electron chi connectivity index (χ2n) is 7.11. The van der Waals surface area contributed by atoms with E-state index in [0.29, 0.717) is 28.3 Å².